The molecule has 1 amide bonds. The zero-order chi connectivity index (χ0) is 21.1. The van der Waals surface area contributed by atoms with Crippen molar-refractivity contribution in [2.45, 2.75) is 6.54 Å². The highest BCUT2D eigenvalue weighted by Gasteiger charge is 2.27. The Morgan fingerprint density at radius 2 is 1.70 bits per heavy atom. The molecule has 0 aromatic heterocycles. The summed E-state index contributed by atoms with van der Waals surface area (Å²) in [6, 6.07) is 9.26. The second-order valence-corrected chi connectivity index (χ2v) is 7.28. The van der Waals surface area contributed by atoms with Gasteiger partial charge in [0.1, 0.15) is 6.54 Å². The minimum atomic E-state index is 0.0241. The van der Waals surface area contributed by atoms with Crippen molar-refractivity contribution in [3.8, 4) is 28.7 Å². The summed E-state index contributed by atoms with van der Waals surface area (Å²) in [6.07, 6.45) is 0. The average Bonchev–Trinajstić information content (AvgIpc) is 3.26. The summed E-state index contributed by atoms with van der Waals surface area (Å²) < 4.78 is 27.2. The van der Waals surface area contributed by atoms with E-state index in [1.807, 2.05) is 17.0 Å². The number of hydrogen-bond acceptors (Lipinski definition) is 6. The van der Waals surface area contributed by atoms with Crippen LogP contribution in [0.1, 0.15) is 15.9 Å². The van der Waals surface area contributed by atoms with Crippen LogP contribution in [0.15, 0.2) is 30.3 Å². The molecule has 8 nitrogen and oxygen atoms in total. The monoisotopic (exact) mass is 415 g/mol. The molecule has 2 aromatic rings. The molecule has 4 rings (SSSR count). The van der Waals surface area contributed by atoms with Crippen molar-refractivity contribution in [2.75, 3.05) is 54.3 Å². The summed E-state index contributed by atoms with van der Waals surface area (Å²) in [5.74, 6) is 3.29. The molecule has 160 valence electrons. The van der Waals surface area contributed by atoms with Crippen molar-refractivity contribution < 1.29 is 33.4 Å². The molecule has 0 spiro atoms. The maximum absolute atomic E-state index is 12.9. The van der Waals surface area contributed by atoms with E-state index in [0.717, 1.165) is 25.2 Å². The minimum Gasteiger partial charge on any atom is -0.493 e. The first-order valence-electron chi connectivity index (χ1n) is 9.95. The van der Waals surface area contributed by atoms with Gasteiger partial charge in [-0.05, 0) is 30.3 Å². The topological polar surface area (TPSA) is 70.9 Å². The molecule has 0 aliphatic carbocycles. The summed E-state index contributed by atoms with van der Waals surface area (Å²) >= 11 is 0. The van der Waals surface area contributed by atoms with E-state index in [1.165, 1.54) is 4.90 Å². The van der Waals surface area contributed by atoms with E-state index in [-0.39, 0.29) is 12.7 Å². The van der Waals surface area contributed by atoms with Gasteiger partial charge in [0.25, 0.3) is 5.91 Å². The lowest BCUT2D eigenvalue weighted by molar-refractivity contribution is -0.917. The molecule has 0 unspecified atom stereocenters. The van der Waals surface area contributed by atoms with Gasteiger partial charge in [-0.15, -0.1) is 0 Å². The summed E-state index contributed by atoms with van der Waals surface area (Å²) in [6.45, 7) is 4.09. The second-order valence-electron chi connectivity index (χ2n) is 7.28. The van der Waals surface area contributed by atoms with Crippen LogP contribution in [-0.4, -0.2) is 65.1 Å². The van der Waals surface area contributed by atoms with E-state index >= 15 is 0 Å². The molecular weight excluding hydrogens is 388 g/mol. The minimum absolute atomic E-state index is 0.0241. The highest BCUT2D eigenvalue weighted by atomic mass is 16.7. The molecule has 1 N–H and O–H groups in total. The Bertz CT molecular complexity index is 924. The molecule has 2 heterocycles. The Morgan fingerprint density at radius 1 is 0.967 bits per heavy atom. The van der Waals surface area contributed by atoms with Gasteiger partial charge in [0.05, 0.1) is 53.1 Å². The SMILES string of the molecule is COc1ccc(C[NH+]2CCN(C(=O)c3ccc4c(c3)OCO4)CC2)c(OC)c1OC. The number of nitrogens with zero attached hydrogens (tertiary/aromatic N) is 1. The number of carbonyl (C=O) groups excluding carboxylic acids is 1. The predicted molar refractivity (Wildman–Crippen MR) is 109 cm³/mol. The van der Waals surface area contributed by atoms with Crippen LogP contribution < -0.4 is 28.6 Å². The number of quaternary nitrogens is 1. The molecule has 2 aromatic carbocycles. The number of nitrogens with one attached hydrogen (secondary N) is 1. The van der Waals surface area contributed by atoms with Crippen LogP contribution >= 0.6 is 0 Å². The Kier molecular flexibility index (Phi) is 5.85. The van der Waals surface area contributed by atoms with Gasteiger partial charge in [-0.2, -0.15) is 0 Å². The van der Waals surface area contributed by atoms with Gasteiger partial charge in [-0.25, -0.2) is 0 Å². The van der Waals surface area contributed by atoms with Gasteiger partial charge in [-0.3, -0.25) is 4.79 Å². The highest BCUT2D eigenvalue weighted by molar-refractivity contribution is 5.95. The van der Waals surface area contributed by atoms with E-state index in [4.69, 9.17) is 23.7 Å². The second kappa shape index (κ2) is 8.71. The number of rotatable bonds is 6. The van der Waals surface area contributed by atoms with Crippen LogP contribution in [0.4, 0.5) is 0 Å². The highest BCUT2D eigenvalue weighted by Crippen LogP contribution is 2.39. The molecule has 2 aliphatic heterocycles. The Balaban J connectivity index is 1.40. The van der Waals surface area contributed by atoms with E-state index in [1.54, 1.807) is 39.5 Å². The Hall–Kier alpha value is -3.13. The van der Waals surface area contributed by atoms with Crippen molar-refractivity contribution in [3.05, 3.63) is 41.5 Å². The summed E-state index contributed by atoms with van der Waals surface area (Å²) in [7, 11) is 4.86. The molecule has 0 atom stereocenters. The first-order chi connectivity index (χ1) is 14.6. The lowest BCUT2D eigenvalue weighted by Crippen LogP contribution is -3.13. The number of fused-ring (bicyclic) bond motifs is 1. The third-order valence-electron chi connectivity index (χ3n) is 5.60. The number of ether oxygens (including phenoxy) is 5. The average molecular weight is 415 g/mol. The lowest BCUT2D eigenvalue weighted by atomic mass is 10.1. The van der Waals surface area contributed by atoms with Crippen molar-refractivity contribution in [1.29, 1.82) is 0 Å². The number of benzene rings is 2. The fraction of sp³-hybridized carbons (Fsp3) is 0.409. The first-order valence-corrected chi connectivity index (χ1v) is 9.95. The van der Waals surface area contributed by atoms with Gasteiger partial charge in [-0.1, -0.05) is 0 Å². The van der Waals surface area contributed by atoms with Crippen molar-refractivity contribution in [1.82, 2.24) is 4.90 Å². The molecule has 30 heavy (non-hydrogen) atoms. The smallest absolute Gasteiger partial charge is 0.254 e. The molecular formula is C22H27N2O6+. The molecule has 0 bridgehead atoms. The number of hydrogen-bond donors (Lipinski definition) is 1. The van der Waals surface area contributed by atoms with E-state index in [9.17, 15) is 4.79 Å². The van der Waals surface area contributed by atoms with E-state index < -0.39 is 0 Å². The Labute approximate surface area is 175 Å². The molecule has 2 aliphatic rings. The van der Waals surface area contributed by atoms with Gasteiger partial charge in [0.15, 0.2) is 23.0 Å². The Morgan fingerprint density at radius 3 is 2.40 bits per heavy atom. The fourth-order valence-electron chi connectivity index (χ4n) is 3.99. The largest absolute Gasteiger partial charge is 0.493 e. The van der Waals surface area contributed by atoms with Crippen molar-refractivity contribution in [2.24, 2.45) is 0 Å². The molecule has 8 heteroatoms. The van der Waals surface area contributed by atoms with Gasteiger partial charge < -0.3 is 33.5 Å². The quantitative estimate of drug-likeness (QED) is 0.759. The molecule has 1 fully saturated rings. The number of methoxy groups -OCH3 is 3. The van der Waals surface area contributed by atoms with Crippen molar-refractivity contribution >= 4 is 5.91 Å². The zero-order valence-electron chi connectivity index (χ0n) is 17.5. The summed E-state index contributed by atoms with van der Waals surface area (Å²) in [5, 5.41) is 0. The van der Waals surface area contributed by atoms with Gasteiger partial charge >= 0.3 is 0 Å². The number of piperazine rings is 1. The lowest BCUT2D eigenvalue weighted by Gasteiger charge is -2.32. The number of amides is 1. The van der Waals surface area contributed by atoms with Gasteiger partial charge in [0.2, 0.25) is 12.5 Å². The molecule has 0 saturated carbocycles. The summed E-state index contributed by atoms with van der Waals surface area (Å²) in [5.41, 5.74) is 1.69. The van der Waals surface area contributed by atoms with Crippen LogP contribution in [0.2, 0.25) is 0 Å². The predicted octanol–water partition coefficient (Wildman–Crippen LogP) is 0.982. The van der Waals surface area contributed by atoms with E-state index in [2.05, 4.69) is 0 Å². The third-order valence-corrected chi connectivity index (χ3v) is 5.60. The maximum Gasteiger partial charge on any atom is 0.254 e. The fourth-order valence-corrected chi connectivity index (χ4v) is 3.99. The van der Waals surface area contributed by atoms with Crippen LogP contribution in [0.5, 0.6) is 28.7 Å². The van der Waals surface area contributed by atoms with Crippen molar-refractivity contribution in [3.63, 3.8) is 0 Å². The summed E-state index contributed by atoms with van der Waals surface area (Å²) in [4.78, 5) is 16.2. The first kappa shape index (κ1) is 20.2. The van der Waals surface area contributed by atoms with Crippen LogP contribution in [-0.2, 0) is 6.54 Å². The zero-order valence-corrected chi connectivity index (χ0v) is 17.5. The normalized spacial score (nSPS) is 15.8. The standard InChI is InChI=1S/C22H26N2O6/c1-26-18-7-5-16(20(27-2)21(18)28-3)13-23-8-10-24(11-9-23)22(25)15-4-6-17-19(12-15)30-14-29-17/h4-7,12H,8-11,13-14H2,1-3H3/p+1. The van der Waals surface area contributed by atoms with Crippen LogP contribution in [0.25, 0.3) is 0 Å². The van der Waals surface area contributed by atoms with Crippen LogP contribution in [0.3, 0.4) is 0 Å². The van der Waals surface area contributed by atoms with Crippen LogP contribution in [0, 0.1) is 0 Å². The molecule has 0 radical (unpaired) electrons. The maximum atomic E-state index is 12.9. The number of carbonyl (C=O) groups is 1. The van der Waals surface area contributed by atoms with Gasteiger partial charge in [0, 0.05) is 5.56 Å². The third kappa shape index (κ3) is 3.82. The van der Waals surface area contributed by atoms with E-state index in [0.29, 0.717) is 47.4 Å². The molecule has 1 saturated heterocycles.